The molecule has 1 atom stereocenters. The Bertz CT molecular complexity index is 578. The van der Waals surface area contributed by atoms with E-state index >= 15 is 0 Å². The number of nitrogens with one attached hydrogen (secondary N) is 1. The van der Waals surface area contributed by atoms with Crippen LogP contribution in [-0.4, -0.2) is 36.4 Å². The molecule has 21 heavy (non-hydrogen) atoms. The van der Waals surface area contributed by atoms with Crippen LogP contribution in [0.4, 0.5) is 0 Å². The number of aryl methyl sites for hydroxylation is 2. The number of fused-ring (bicyclic) bond motifs is 1. The van der Waals surface area contributed by atoms with E-state index in [-0.39, 0.29) is 11.7 Å². The molecule has 0 aromatic carbocycles. The zero-order valence-electron chi connectivity index (χ0n) is 12.6. The normalized spacial score (nSPS) is 23.4. The van der Waals surface area contributed by atoms with Gasteiger partial charge in [-0.2, -0.15) is 5.26 Å². The van der Waals surface area contributed by atoms with Gasteiger partial charge < -0.3 is 14.8 Å². The molecule has 1 unspecified atom stereocenters. The van der Waals surface area contributed by atoms with Gasteiger partial charge in [-0.3, -0.25) is 0 Å². The standard InChI is InChI=1S/C16H21N3O2/c1-16(2)10-18-8-13(21-16)9-20-15-12(7-17)6-11-4-3-5-14(11)19-15/h6,13,18H,3-5,8-10H2,1-2H3. The number of aromatic nitrogens is 1. The van der Waals surface area contributed by atoms with Gasteiger partial charge in [0, 0.05) is 18.8 Å². The molecule has 2 aliphatic rings. The van der Waals surface area contributed by atoms with Gasteiger partial charge in [0.2, 0.25) is 5.88 Å². The van der Waals surface area contributed by atoms with Gasteiger partial charge in [-0.15, -0.1) is 0 Å². The second-order valence-corrected chi connectivity index (χ2v) is 6.35. The quantitative estimate of drug-likeness (QED) is 0.914. The number of rotatable bonds is 3. The Labute approximate surface area is 125 Å². The van der Waals surface area contributed by atoms with Crippen molar-refractivity contribution in [2.75, 3.05) is 19.7 Å². The van der Waals surface area contributed by atoms with Crippen molar-refractivity contribution in [3.05, 3.63) is 22.9 Å². The second kappa shape index (κ2) is 5.63. The lowest BCUT2D eigenvalue weighted by Gasteiger charge is -2.36. The summed E-state index contributed by atoms with van der Waals surface area (Å²) < 4.78 is 11.8. The molecule has 1 N–H and O–H groups in total. The van der Waals surface area contributed by atoms with Gasteiger partial charge in [-0.25, -0.2) is 4.98 Å². The molecule has 0 amide bonds. The van der Waals surface area contributed by atoms with Gasteiger partial charge in [0.25, 0.3) is 0 Å². The number of hydrogen-bond acceptors (Lipinski definition) is 5. The third kappa shape index (κ3) is 3.17. The number of hydrogen-bond donors (Lipinski definition) is 1. The van der Waals surface area contributed by atoms with Gasteiger partial charge in [0.05, 0.1) is 5.60 Å². The fourth-order valence-electron chi connectivity index (χ4n) is 2.98. The maximum atomic E-state index is 9.26. The van der Waals surface area contributed by atoms with Crippen LogP contribution in [0.15, 0.2) is 6.07 Å². The molecule has 2 heterocycles. The predicted octanol–water partition coefficient (Wildman–Crippen LogP) is 1.59. The molecule has 0 spiro atoms. The van der Waals surface area contributed by atoms with E-state index in [0.717, 1.165) is 38.0 Å². The molecule has 5 nitrogen and oxygen atoms in total. The minimum Gasteiger partial charge on any atom is -0.474 e. The van der Waals surface area contributed by atoms with Crippen molar-refractivity contribution >= 4 is 0 Å². The average molecular weight is 287 g/mol. The molecule has 5 heteroatoms. The molecule has 1 fully saturated rings. The van der Waals surface area contributed by atoms with Gasteiger partial charge in [0.1, 0.15) is 24.3 Å². The van der Waals surface area contributed by atoms with Crippen LogP contribution in [0, 0.1) is 11.3 Å². The smallest absolute Gasteiger partial charge is 0.232 e. The van der Waals surface area contributed by atoms with Crippen LogP contribution in [0.3, 0.4) is 0 Å². The first-order valence-electron chi connectivity index (χ1n) is 7.52. The number of ether oxygens (including phenoxy) is 2. The van der Waals surface area contributed by atoms with Crippen molar-refractivity contribution < 1.29 is 9.47 Å². The average Bonchev–Trinajstić information content (AvgIpc) is 2.90. The highest BCUT2D eigenvalue weighted by Crippen LogP contribution is 2.26. The Morgan fingerprint density at radius 2 is 2.38 bits per heavy atom. The zero-order valence-corrected chi connectivity index (χ0v) is 12.6. The minimum atomic E-state index is -0.185. The van der Waals surface area contributed by atoms with Crippen LogP contribution < -0.4 is 10.1 Å². The van der Waals surface area contributed by atoms with Crippen molar-refractivity contribution in [1.82, 2.24) is 10.3 Å². The molecule has 3 rings (SSSR count). The fourth-order valence-corrected chi connectivity index (χ4v) is 2.98. The van der Waals surface area contributed by atoms with Crippen molar-refractivity contribution in [3.63, 3.8) is 0 Å². The molecule has 1 aromatic heterocycles. The molecule has 1 saturated heterocycles. The highest BCUT2D eigenvalue weighted by Gasteiger charge is 2.29. The molecule has 0 bridgehead atoms. The summed E-state index contributed by atoms with van der Waals surface area (Å²) in [4.78, 5) is 4.52. The highest BCUT2D eigenvalue weighted by molar-refractivity contribution is 5.44. The monoisotopic (exact) mass is 287 g/mol. The SMILES string of the molecule is CC1(C)CNCC(COc2nc3c(cc2C#N)CCC3)O1. The Morgan fingerprint density at radius 3 is 3.14 bits per heavy atom. The van der Waals surface area contributed by atoms with Gasteiger partial charge in [-0.1, -0.05) is 0 Å². The largest absolute Gasteiger partial charge is 0.474 e. The first-order valence-corrected chi connectivity index (χ1v) is 7.52. The van der Waals surface area contributed by atoms with Crippen LogP contribution in [0.5, 0.6) is 5.88 Å². The van der Waals surface area contributed by atoms with Crippen LogP contribution in [0.25, 0.3) is 0 Å². The molecule has 0 saturated carbocycles. The molecule has 0 radical (unpaired) electrons. The summed E-state index contributed by atoms with van der Waals surface area (Å²) in [5.74, 6) is 0.449. The van der Waals surface area contributed by atoms with E-state index in [1.54, 1.807) is 0 Å². The summed E-state index contributed by atoms with van der Waals surface area (Å²) in [7, 11) is 0. The highest BCUT2D eigenvalue weighted by atomic mass is 16.6. The van der Waals surface area contributed by atoms with E-state index in [4.69, 9.17) is 9.47 Å². The van der Waals surface area contributed by atoms with Gasteiger partial charge in [-0.05, 0) is 44.7 Å². The molecular formula is C16H21N3O2. The van der Waals surface area contributed by atoms with E-state index in [0.29, 0.717) is 18.1 Å². The van der Waals surface area contributed by atoms with Crippen LogP contribution in [0.1, 0.15) is 37.1 Å². The lowest BCUT2D eigenvalue weighted by Crippen LogP contribution is -2.52. The summed E-state index contributed by atoms with van der Waals surface area (Å²) in [5.41, 5.74) is 2.61. The lowest BCUT2D eigenvalue weighted by atomic mass is 10.1. The Kier molecular flexibility index (Phi) is 3.83. The summed E-state index contributed by atoms with van der Waals surface area (Å²) in [6, 6.07) is 4.11. The van der Waals surface area contributed by atoms with Crippen molar-refractivity contribution in [2.45, 2.75) is 44.8 Å². The maximum Gasteiger partial charge on any atom is 0.232 e. The van der Waals surface area contributed by atoms with Crippen molar-refractivity contribution in [1.29, 1.82) is 5.26 Å². The lowest BCUT2D eigenvalue weighted by molar-refractivity contribution is -0.107. The van der Waals surface area contributed by atoms with E-state index in [2.05, 4.69) is 30.2 Å². The maximum absolute atomic E-state index is 9.26. The summed E-state index contributed by atoms with van der Waals surface area (Å²) in [6.45, 7) is 6.12. The third-order valence-corrected chi connectivity index (χ3v) is 3.95. The number of nitrogens with zero attached hydrogens (tertiary/aromatic N) is 2. The Hall–Kier alpha value is -1.64. The number of morpholine rings is 1. The van der Waals surface area contributed by atoms with Crippen molar-refractivity contribution in [2.24, 2.45) is 0 Å². The second-order valence-electron chi connectivity index (χ2n) is 6.35. The summed E-state index contributed by atoms with van der Waals surface area (Å²) in [5, 5.41) is 12.6. The predicted molar refractivity (Wildman–Crippen MR) is 78.3 cm³/mol. The van der Waals surface area contributed by atoms with Crippen molar-refractivity contribution in [3.8, 4) is 11.9 Å². The van der Waals surface area contributed by atoms with Gasteiger partial charge >= 0.3 is 0 Å². The zero-order chi connectivity index (χ0) is 14.9. The molecule has 1 aromatic rings. The number of nitriles is 1. The van der Waals surface area contributed by atoms with Crippen LogP contribution >= 0.6 is 0 Å². The van der Waals surface area contributed by atoms with E-state index < -0.39 is 0 Å². The third-order valence-electron chi connectivity index (χ3n) is 3.95. The molecule has 1 aliphatic heterocycles. The number of pyridine rings is 1. The summed E-state index contributed by atoms with van der Waals surface area (Å²) in [6.07, 6.45) is 3.09. The molecule has 1 aliphatic carbocycles. The van der Waals surface area contributed by atoms with E-state index in [9.17, 15) is 5.26 Å². The fraction of sp³-hybridized carbons (Fsp3) is 0.625. The summed E-state index contributed by atoms with van der Waals surface area (Å²) >= 11 is 0. The molecular weight excluding hydrogens is 266 g/mol. The molecule has 112 valence electrons. The van der Waals surface area contributed by atoms with E-state index in [1.807, 2.05) is 6.07 Å². The van der Waals surface area contributed by atoms with Crippen LogP contribution in [0.2, 0.25) is 0 Å². The van der Waals surface area contributed by atoms with E-state index in [1.165, 1.54) is 5.56 Å². The topological polar surface area (TPSA) is 67.2 Å². The Morgan fingerprint density at radius 1 is 1.52 bits per heavy atom. The first-order chi connectivity index (χ1) is 10.1. The minimum absolute atomic E-state index is 0.0182. The van der Waals surface area contributed by atoms with Gasteiger partial charge in [0.15, 0.2) is 0 Å². The Balaban J connectivity index is 1.69. The van der Waals surface area contributed by atoms with Crippen LogP contribution in [-0.2, 0) is 17.6 Å². The first kappa shape index (κ1) is 14.3.